The molecular weight excluding hydrogens is 192 g/mol. The number of aromatic nitrogens is 2. The molecule has 0 unspecified atom stereocenters. The van der Waals surface area contributed by atoms with Crippen LogP contribution >= 0.6 is 23.8 Å². The van der Waals surface area contributed by atoms with Crippen LogP contribution in [-0.2, 0) is 12.3 Å². The quantitative estimate of drug-likeness (QED) is 0.590. The van der Waals surface area contributed by atoms with Gasteiger partial charge in [0.15, 0.2) is 0 Å². The standard InChI is InChI=1S/C8H11ClN2S/c1-3-6-5(2)8(12)11-7(4-9)10-6/h3-4H2,1-2H3,(H,10,11,12). The number of nitrogens with zero attached hydrogens (tertiary/aromatic N) is 1. The molecule has 0 aliphatic carbocycles. The predicted molar refractivity (Wildman–Crippen MR) is 53.1 cm³/mol. The largest absolute Gasteiger partial charge is 0.346 e. The molecule has 0 fully saturated rings. The zero-order valence-corrected chi connectivity index (χ0v) is 8.72. The second-order valence-corrected chi connectivity index (χ2v) is 3.23. The molecule has 0 saturated carbocycles. The van der Waals surface area contributed by atoms with Crippen LogP contribution in [-0.4, -0.2) is 9.97 Å². The molecule has 0 aliphatic rings. The first-order valence-electron chi connectivity index (χ1n) is 3.83. The van der Waals surface area contributed by atoms with Crippen LogP contribution in [0.15, 0.2) is 0 Å². The molecule has 0 amide bonds. The van der Waals surface area contributed by atoms with Gasteiger partial charge in [0.2, 0.25) is 0 Å². The van der Waals surface area contributed by atoms with Crippen molar-refractivity contribution in [1.29, 1.82) is 0 Å². The van der Waals surface area contributed by atoms with E-state index in [2.05, 4.69) is 16.9 Å². The Hall–Kier alpha value is -0.410. The van der Waals surface area contributed by atoms with E-state index in [1.165, 1.54) is 0 Å². The van der Waals surface area contributed by atoms with E-state index in [0.29, 0.717) is 10.5 Å². The molecule has 12 heavy (non-hydrogen) atoms. The van der Waals surface area contributed by atoms with E-state index < -0.39 is 0 Å². The fourth-order valence-electron chi connectivity index (χ4n) is 1.05. The average Bonchev–Trinajstić information content (AvgIpc) is 2.09. The molecule has 1 rings (SSSR count). The van der Waals surface area contributed by atoms with Crippen LogP contribution in [0.3, 0.4) is 0 Å². The topological polar surface area (TPSA) is 28.7 Å². The van der Waals surface area contributed by atoms with Gasteiger partial charge in [0.1, 0.15) is 10.5 Å². The number of alkyl halides is 1. The number of hydrogen-bond donors (Lipinski definition) is 1. The second-order valence-electron chi connectivity index (χ2n) is 2.58. The maximum absolute atomic E-state index is 5.64. The molecule has 1 aromatic heterocycles. The van der Waals surface area contributed by atoms with Gasteiger partial charge in [-0.15, -0.1) is 11.6 Å². The van der Waals surface area contributed by atoms with E-state index in [9.17, 15) is 0 Å². The third-order valence-electron chi connectivity index (χ3n) is 1.79. The highest BCUT2D eigenvalue weighted by Gasteiger charge is 2.01. The maximum Gasteiger partial charge on any atom is 0.132 e. The van der Waals surface area contributed by atoms with Crippen molar-refractivity contribution in [2.75, 3.05) is 0 Å². The van der Waals surface area contributed by atoms with E-state index in [1.54, 1.807) is 0 Å². The highest BCUT2D eigenvalue weighted by molar-refractivity contribution is 7.71. The molecule has 0 spiro atoms. The fourth-order valence-corrected chi connectivity index (χ4v) is 1.41. The van der Waals surface area contributed by atoms with Gasteiger partial charge in [0.05, 0.1) is 5.88 Å². The monoisotopic (exact) mass is 202 g/mol. The van der Waals surface area contributed by atoms with E-state index in [4.69, 9.17) is 23.8 Å². The summed E-state index contributed by atoms with van der Waals surface area (Å²) in [6, 6.07) is 0. The first kappa shape index (κ1) is 9.68. The van der Waals surface area contributed by atoms with Crippen molar-refractivity contribution in [1.82, 2.24) is 9.97 Å². The molecule has 0 saturated heterocycles. The Bertz CT molecular complexity index is 332. The fraction of sp³-hybridized carbons (Fsp3) is 0.500. The van der Waals surface area contributed by atoms with Crippen LogP contribution in [0.4, 0.5) is 0 Å². The summed E-state index contributed by atoms with van der Waals surface area (Å²) >= 11 is 10.7. The lowest BCUT2D eigenvalue weighted by molar-refractivity contribution is 0.908. The highest BCUT2D eigenvalue weighted by atomic mass is 35.5. The molecule has 4 heteroatoms. The van der Waals surface area contributed by atoms with Gasteiger partial charge in [-0.05, 0) is 13.3 Å². The Morgan fingerprint density at radius 1 is 1.58 bits per heavy atom. The molecule has 1 N–H and O–H groups in total. The minimum absolute atomic E-state index is 0.386. The highest BCUT2D eigenvalue weighted by Crippen LogP contribution is 2.08. The Labute approximate surface area is 82.0 Å². The van der Waals surface area contributed by atoms with Gasteiger partial charge in [0, 0.05) is 11.3 Å². The minimum atomic E-state index is 0.386. The third kappa shape index (κ3) is 1.84. The summed E-state index contributed by atoms with van der Waals surface area (Å²) in [5, 5.41) is 0. The van der Waals surface area contributed by atoms with Crippen LogP contribution in [0, 0.1) is 11.6 Å². The lowest BCUT2D eigenvalue weighted by atomic mass is 10.2. The van der Waals surface area contributed by atoms with Gasteiger partial charge in [0.25, 0.3) is 0 Å². The third-order valence-corrected chi connectivity index (χ3v) is 2.44. The molecule has 0 radical (unpaired) electrons. The van der Waals surface area contributed by atoms with Crippen LogP contribution in [0.2, 0.25) is 0 Å². The number of rotatable bonds is 2. The van der Waals surface area contributed by atoms with Gasteiger partial charge in [-0.3, -0.25) is 0 Å². The number of nitrogens with one attached hydrogen (secondary N) is 1. The minimum Gasteiger partial charge on any atom is -0.346 e. The van der Waals surface area contributed by atoms with Crippen molar-refractivity contribution in [3.63, 3.8) is 0 Å². The summed E-state index contributed by atoms with van der Waals surface area (Å²) in [5.74, 6) is 1.14. The van der Waals surface area contributed by atoms with Gasteiger partial charge >= 0.3 is 0 Å². The summed E-state index contributed by atoms with van der Waals surface area (Å²) in [6.45, 7) is 4.05. The number of H-pyrrole nitrogens is 1. The zero-order valence-electron chi connectivity index (χ0n) is 7.15. The van der Waals surface area contributed by atoms with Crippen molar-refractivity contribution < 1.29 is 0 Å². The summed E-state index contributed by atoms with van der Waals surface area (Å²) in [4.78, 5) is 7.27. The van der Waals surface area contributed by atoms with E-state index >= 15 is 0 Å². The smallest absolute Gasteiger partial charge is 0.132 e. The predicted octanol–water partition coefficient (Wildman–Crippen LogP) is 2.75. The Kier molecular flexibility index (Phi) is 3.23. The van der Waals surface area contributed by atoms with E-state index in [-0.39, 0.29) is 0 Å². The maximum atomic E-state index is 5.64. The number of aromatic amines is 1. The van der Waals surface area contributed by atoms with Crippen LogP contribution in [0.25, 0.3) is 0 Å². The first-order chi connectivity index (χ1) is 5.69. The summed E-state index contributed by atoms with van der Waals surface area (Å²) < 4.78 is 0.654. The first-order valence-corrected chi connectivity index (χ1v) is 4.78. The van der Waals surface area contributed by atoms with Crippen molar-refractivity contribution in [3.05, 3.63) is 21.7 Å². The summed E-state index contributed by atoms with van der Waals surface area (Å²) in [7, 11) is 0. The Balaban J connectivity index is 3.29. The van der Waals surface area contributed by atoms with Crippen LogP contribution in [0.5, 0.6) is 0 Å². The van der Waals surface area contributed by atoms with Gasteiger partial charge in [-0.25, -0.2) is 4.98 Å². The molecule has 1 heterocycles. The molecule has 0 aliphatic heterocycles. The molecule has 0 bridgehead atoms. The molecule has 0 atom stereocenters. The van der Waals surface area contributed by atoms with Crippen LogP contribution < -0.4 is 0 Å². The molecule has 66 valence electrons. The normalized spacial score (nSPS) is 10.2. The molecule has 1 aromatic rings. The SMILES string of the molecule is CCc1[nH]c(CCl)nc(=S)c1C. The van der Waals surface area contributed by atoms with Crippen molar-refractivity contribution in [2.45, 2.75) is 26.1 Å². The van der Waals surface area contributed by atoms with Gasteiger partial charge in [-0.1, -0.05) is 19.1 Å². The molecular formula is C8H11ClN2S. The lowest BCUT2D eigenvalue weighted by Crippen LogP contribution is -2.00. The van der Waals surface area contributed by atoms with Gasteiger partial charge < -0.3 is 4.98 Å². The second kappa shape index (κ2) is 4.01. The lowest BCUT2D eigenvalue weighted by Gasteiger charge is -2.04. The van der Waals surface area contributed by atoms with Crippen LogP contribution in [0.1, 0.15) is 24.0 Å². The molecule has 0 aromatic carbocycles. The number of halogens is 1. The van der Waals surface area contributed by atoms with E-state index in [1.807, 2.05) is 6.92 Å². The van der Waals surface area contributed by atoms with Crippen molar-refractivity contribution >= 4 is 23.8 Å². The number of hydrogen-bond acceptors (Lipinski definition) is 2. The van der Waals surface area contributed by atoms with Gasteiger partial charge in [-0.2, -0.15) is 0 Å². The van der Waals surface area contributed by atoms with Crippen molar-refractivity contribution in [2.24, 2.45) is 0 Å². The van der Waals surface area contributed by atoms with E-state index in [0.717, 1.165) is 23.5 Å². The zero-order chi connectivity index (χ0) is 9.14. The Morgan fingerprint density at radius 3 is 2.75 bits per heavy atom. The molecule has 2 nitrogen and oxygen atoms in total. The van der Waals surface area contributed by atoms with Crippen molar-refractivity contribution in [3.8, 4) is 0 Å². The average molecular weight is 203 g/mol. The number of aryl methyl sites for hydroxylation is 1. The Morgan fingerprint density at radius 2 is 2.25 bits per heavy atom. The summed E-state index contributed by atoms with van der Waals surface area (Å²) in [5.41, 5.74) is 2.19. The summed E-state index contributed by atoms with van der Waals surface area (Å²) in [6.07, 6.45) is 0.932.